The van der Waals surface area contributed by atoms with Gasteiger partial charge in [-0.1, -0.05) is 121 Å². The van der Waals surface area contributed by atoms with Crippen molar-refractivity contribution in [3.8, 4) is 61.3 Å². The van der Waals surface area contributed by atoms with Crippen molar-refractivity contribution in [1.82, 2.24) is 24.5 Å². The summed E-state index contributed by atoms with van der Waals surface area (Å²) in [5, 5.41) is 1.98. The number of fused-ring (bicyclic) bond motifs is 4. The zero-order valence-electron chi connectivity index (χ0n) is 32.0. The molecule has 0 bridgehead atoms. The number of carbonyl (C=O) groups excluding carboxylic acids is 2. The van der Waals surface area contributed by atoms with Crippen molar-refractivity contribution in [1.29, 1.82) is 0 Å². The molecule has 0 spiro atoms. The second-order valence-corrected chi connectivity index (χ2v) is 14.7. The number of carbonyl (C=O) groups is 2. The number of nitrogens with zero attached hydrogens (tertiary/aromatic N) is 6. The van der Waals surface area contributed by atoms with E-state index in [2.05, 4.69) is 85.2 Å². The molecule has 0 N–H and O–H groups in total. The Morgan fingerprint density at radius 3 is 1.35 bits per heavy atom. The molecule has 0 radical (unpaired) electrons. The van der Waals surface area contributed by atoms with Crippen LogP contribution in [0.25, 0.3) is 83.1 Å². The molecular weight excluding hydrogens is 741 g/mol. The third-order valence-corrected chi connectivity index (χ3v) is 11.3. The Morgan fingerprint density at radius 2 is 0.850 bits per heavy atom. The van der Waals surface area contributed by atoms with Crippen LogP contribution in [-0.2, 0) is 0 Å². The van der Waals surface area contributed by atoms with Gasteiger partial charge in [0, 0.05) is 57.8 Å². The summed E-state index contributed by atoms with van der Waals surface area (Å²) in [6, 6.07) is 52.3. The minimum Gasteiger partial charge on any atom is -0.308 e. The normalized spacial score (nSPS) is 12.4. The number of hydrogen-bond donors (Lipinski definition) is 0. The van der Waals surface area contributed by atoms with Crippen LogP contribution in [0, 0.1) is 0 Å². The first-order chi connectivity index (χ1) is 29.6. The summed E-state index contributed by atoms with van der Waals surface area (Å²) < 4.78 is 2.10. The fraction of sp³-hybridized carbons (Fsp3) is 0. The fourth-order valence-corrected chi connectivity index (χ4v) is 8.54. The Morgan fingerprint density at radius 1 is 0.367 bits per heavy atom. The lowest BCUT2D eigenvalue weighted by molar-refractivity contribution is 0.0926. The van der Waals surface area contributed by atoms with E-state index in [1.807, 2.05) is 91.0 Å². The maximum absolute atomic E-state index is 15.6. The van der Waals surface area contributed by atoms with E-state index in [9.17, 15) is 0 Å². The number of anilines is 1. The van der Waals surface area contributed by atoms with Gasteiger partial charge in [-0.05, 0) is 69.8 Å². The molecule has 11 rings (SSSR count). The van der Waals surface area contributed by atoms with Crippen molar-refractivity contribution in [2.24, 2.45) is 0 Å². The highest BCUT2D eigenvalue weighted by Gasteiger charge is 2.42. The lowest BCUT2D eigenvalue weighted by Gasteiger charge is -2.24. The Hall–Kier alpha value is -8.36. The molecule has 7 aromatic carbocycles. The van der Waals surface area contributed by atoms with Crippen molar-refractivity contribution in [2.45, 2.75) is 0 Å². The van der Waals surface area contributed by atoms with Crippen LogP contribution in [0.5, 0.6) is 0 Å². The Kier molecular flexibility index (Phi) is 8.27. The van der Waals surface area contributed by atoms with Gasteiger partial charge in [-0.15, -0.1) is 0 Å². The highest BCUT2D eigenvalue weighted by atomic mass is 16.2. The van der Waals surface area contributed by atoms with Gasteiger partial charge in [0.2, 0.25) is 0 Å². The van der Waals surface area contributed by atoms with Gasteiger partial charge >= 0.3 is 0 Å². The fourth-order valence-electron chi connectivity index (χ4n) is 8.54. The van der Waals surface area contributed by atoms with Gasteiger partial charge in [-0.2, -0.15) is 0 Å². The van der Waals surface area contributed by atoms with Crippen LogP contribution in [-0.4, -0.2) is 36.3 Å². The zero-order valence-corrected chi connectivity index (χ0v) is 32.0. The number of aromatic nitrogens is 5. The molecule has 10 aromatic rings. The van der Waals surface area contributed by atoms with E-state index in [1.165, 1.54) is 17.6 Å². The molecule has 282 valence electrons. The van der Waals surface area contributed by atoms with Crippen molar-refractivity contribution in [3.63, 3.8) is 0 Å². The number of hydrogen-bond acceptors (Lipinski definition) is 6. The molecule has 8 heteroatoms. The molecule has 2 amide bonds. The van der Waals surface area contributed by atoms with E-state index >= 15 is 9.59 Å². The molecule has 0 atom stereocenters. The van der Waals surface area contributed by atoms with E-state index in [0.29, 0.717) is 22.5 Å². The van der Waals surface area contributed by atoms with Crippen molar-refractivity contribution in [3.05, 3.63) is 206 Å². The molecule has 3 aromatic heterocycles. The quantitative estimate of drug-likeness (QED) is 0.150. The van der Waals surface area contributed by atoms with Gasteiger partial charge in [0.15, 0.2) is 0 Å². The zero-order chi connectivity index (χ0) is 40.2. The van der Waals surface area contributed by atoms with Gasteiger partial charge in [0.05, 0.1) is 33.5 Å². The number of imide groups is 1. The Labute approximate surface area is 344 Å². The summed E-state index contributed by atoms with van der Waals surface area (Å²) in [6.07, 6.45) is 10.2. The van der Waals surface area contributed by atoms with Crippen molar-refractivity contribution < 1.29 is 9.59 Å². The van der Waals surface area contributed by atoms with Gasteiger partial charge in [-0.3, -0.25) is 9.59 Å². The number of amides is 2. The third kappa shape index (κ3) is 5.69. The van der Waals surface area contributed by atoms with Gasteiger partial charge in [0.25, 0.3) is 11.8 Å². The predicted molar refractivity (Wildman–Crippen MR) is 237 cm³/mol. The number of benzene rings is 7. The average Bonchev–Trinajstić information content (AvgIpc) is 3.78. The monoisotopic (exact) mass is 772 g/mol. The summed E-state index contributed by atoms with van der Waals surface area (Å²) in [7, 11) is 0. The molecule has 60 heavy (non-hydrogen) atoms. The molecule has 4 heterocycles. The van der Waals surface area contributed by atoms with Crippen LogP contribution in [0.15, 0.2) is 195 Å². The highest BCUT2D eigenvalue weighted by molar-refractivity contribution is 6.37. The lowest BCUT2D eigenvalue weighted by atomic mass is 9.90. The Balaban J connectivity index is 1.17. The molecule has 8 nitrogen and oxygen atoms in total. The van der Waals surface area contributed by atoms with Crippen LogP contribution in [0.3, 0.4) is 0 Å². The first-order valence-corrected chi connectivity index (χ1v) is 19.6. The molecule has 0 unspecified atom stereocenters. The highest BCUT2D eigenvalue weighted by Crippen LogP contribution is 2.47. The second-order valence-electron chi connectivity index (χ2n) is 14.7. The maximum Gasteiger partial charge on any atom is 0.268 e. The van der Waals surface area contributed by atoms with Crippen molar-refractivity contribution >= 4 is 39.3 Å². The second kappa shape index (κ2) is 14.2. The van der Waals surface area contributed by atoms with Crippen LogP contribution < -0.4 is 4.90 Å². The summed E-state index contributed by atoms with van der Waals surface area (Å²) in [5.41, 5.74) is 12.4. The molecular formula is C52H32N6O2. The molecule has 0 saturated heterocycles. The summed E-state index contributed by atoms with van der Waals surface area (Å²) in [5.74, 6) is -0.786. The van der Waals surface area contributed by atoms with E-state index in [1.54, 1.807) is 30.9 Å². The van der Waals surface area contributed by atoms with Gasteiger partial charge in [-0.25, -0.2) is 24.8 Å². The third-order valence-electron chi connectivity index (χ3n) is 11.3. The summed E-state index contributed by atoms with van der Waals surface area (Å²) in [6.45, 7) is 0. The smallest absolute Gasteiger partial charge is 0.268 e. The predicted octanol–water partition coefficient (Wildman–Crippen LogP) is 11.5. The lowest BCUT2D eigenvalue weighted by Crippen LogP contribution is -2.30. The molecule has 0 aliphatic carbocycles. The largest absolute Gasteiger partial charge is 0.308 e. The first-order valence-electron chi connectivity index (χ1n) is 19.6. The van der Waals surface area contributed by atoms with Gasteiger partial charge in [0.1, 0.15) is 12.7 Å². The van der Waals surface area contributed by atoms with E-state index < -0.39 is 5.91 Å². The molecule has 1 aliphatic rings. The van der Waals surface area contributed by atoms with Crippen LogP contribution in [0.1, 0.15) is 20.7 Å². The van der Waals surface area contributed by atoms with Crippen LogP contribution in [0.2, 0.25) is 0 Å². The van der Waals surface area contributed by atoms with Crippen molar-refractivity contribution in [2.75, 3.05) is 4.90 Å². The topological polar surface area (TPSA) is 93.9 Å². The molecule has 1 aliphatic heterocycles. The average molecular weight is 773 g/mol. The number of rotatable bonds is 7. The van der Waals surface area contributed by atoms with E-state index in [4.69, 9.17) is 0 Å². The SMILES string of the molecule is O=C1c2cccc(-n3c4cc(-c5cncnc5)ccc4c4ccc(-c5cncnc5)cc43)c2C(=O)N1c1c(-c2ccccc2)cc(-c2ccccc2)cc1-c1ccccc1. The van der Waals surface area contributed by atoms with Crippen LogP contribution in [0.4, 0.5) is 5.69 Å². The Bertz CT molecular complexity index is 3120. The standard InChI is InChI=1S/C52H32N6O2/c59-51-43-17-10-18-46(57-47-25-36(39-27-53-31-54-28-39)19-21-41(47)42-22-20-37(26-48(42)57)40-29-55-32-56-30-40)49(43)52(60)58(51)50-44(34-13-6-2-7-14-34)23-38(33-11-4-1-5-12-33)24-45(50)35-15-8-3-9-16-35/h1-32H. The van der Waals surface area contributed by atoms with Crippen LogP contribution >= 0.6 is 0 Å². The molecule has 0 fully saturated rings. The first kappa shape index (κ1) is 34.9. The summed E-state index contributed by atoms with van der Waals surface area (Å²) in [4.78, 5) is 49.2. The minimum atomic E-state index is -0.400. The van der Waals surface area contributed by atoms with E-state index in [0.717, 1.165) is 77.4 Å². The molecule has 0 saturated carbocycles. The minimum absolute atomic E-state index is 0.327. The summed E-state index contributed by atoms with van der Waals surface area (Å²) >= 11 is 0. The van der Waals surface area contributed by atoms with Gasteiger partial charge < -0.3 is 4.57 Å². The maximum atomic E-state index is 15.6. The van der Waals surface area contributed by atoms with E-state index in [-0.39, 0.29) is 5.91 Å².